The Bertz CT molecular complexity index is 212. The minimum atomic E-state index is -0.313. The molecule has 1 rings (SSSR count). The number of rotatable bonds is 1. The zero-order valence-corrected chi connectivity index (χ0v) is 7.05. The Labute approximate surface area is 67.2 Å². The lowest BCUT2D eigenvalue weighted by atomic mass is 9.79. The molecule has 2 nitrogen and oxygen atoms in total. The summed E-state index contributed by atoms with van der Waals surface area (Å²) in [6.07, 6.45) is 2.19. The summed E-state index contributed by atoms with van der Waals surface area (Å²) in [5.74, 6) is 0.610. The Morgan fingerprint density at radius 2 is 2.27 bits per heavy atom. The van der Waals surface area contributed by atoms with Crippen LogP contribution in [-0.4, -0.2) is 5.78 Å². The second kappa shape index (κ2) is 2.65. The van der Waals surface area contributed by atoms with Crippen molar-refractivity contribution in [1.82, 2.24) is 0 Å². The molecule has 0 N–H and O–H groups in total. The molecule has 1 fully saturated rings. The van der Waals surface area contributed by atoms with E-state index in [-0.39, 0.29) is 5.41 Å². The molecule has 0 aromatic rings. The summed E-state index contributed by atoms with van der Waals surface area (Å²) in [6.45, 7) is 3.83. The topological polar surface area (TPSA) is 40.9 Å². The van der Waals surface area contributed by atoms with E-state index in [4.69, 9.17) is 5.26 Å². The van der Waals surface area contributed by atoms with Crippen LogP contribution in [0.4, 0.5) is 0 Å². The number of carbonyl (C=O) groups excluding carboxylic acids is 1. The molecule has 0 aliphatic heterocycles. The maximum absolute atomic E-state index is 10.9. The summed E-state index contributed by atoms with van der Waals surface area (Å²) < 4.78 is 0. The Morgan fingerprint density at radius 3 is 2.64 bits per heavy atom. The van der Waals surface area contributed by atoms with Gasteiger partial charge in [-0.1, -0.05) is 0 Å². The van der Waals surface area contributed by atoms with Gasteiger partial charge in [-0.2, -0.15) is 5.26 Å². The van der Waals surface area contributed by atoms with E-state index in [1.807, 2.05) is 13.8 Å². The minimum Gasteiger partial charge on any atom is -0.300 e. The fourth-order valence-electron chi connectivity index (χ4n) is 1.52. The molecule has 60 valence electrons. The fraction of sp³-hybridized carbons (Fsp3) is 0.778. The summed E-state index contributed by atoms with van der Waals surface area (Å²) in [5, 5.41) is 8.78. The largest absolute Gasteiger partial charge is 0.300 e. The van der Waals surface area contributed by atoms with E-state index < -0.39 is 0 Å². The third-order valence-electron chi connectivity index (χ3n) is 2.55. The monoisotopic (exact) mass is 151 g/mol. The molecule has 0 unspecified atom stereocenters. The normalized spacial score (nSPS) is 25.2. The second-order valence-electron chi connectivity index (χ2n) is 3.81. The molecule has 0 bridgehead atoms. The fourth-order valence-corrected chi connectivity index (χ4v) is 1.52. The molecule has 0 saturated heterocycles. The van der Waals surface area contributed by atoms with Gasteiger partial charge in [-0.15, -0.1) is 0 Å². The van der Waals surface area contributed by atoms with Gasteiger partial charge in [0.2, 0.25) is 0 Å². The van der Waals surface area contributed by atoms with E-state index in [0.717, 1.165) is 6.42 Å². The van der Waals surface area contributed by atoms with Gasteiger partial charge in [-0.3, -0.25) is 4.79 Å². The summed E-state index contributed by atoms with van der Waals surface area (Å²) in [5.41, 5.74) is -0.313. The van der Waals surface area contributed by atoms with Crippen LogP contribution in [0.25, 0.3) is 0 Å². The van der Waals surface area contributed by atoms with Crippen LogP contribution in [0.3, 0.4) is 0 Å². The van der Waals surface area contributed by atoms with Crippen molar-refractivity contribution in [3.63, 3.8) is 0 Å². The molecule has 0 radical (unpaired) electrons. The van der Waals surface area contributed by atoms with Gasteiger partial charge in [0, 0.05) is 12.8 Å². The van der Waals surface area contributed by atoms with Crippen molar-refractivity contribution in [2.45, 2.75) is 33.1 Å². The third-order valence-corrected chi connectivity index (χ3v) is 2.55. The maximum Gasteiger partial charge on any atom is 0.133 e. The van der Waals surface area contributed by atoms with Crippen LogP contribution in [0.1, 0.15) is 33.1 Å². The zero-order valence-electron chi connectivity index (χ0n) is 7.05. The molecular weight excluding hydrogens is 138 g/mol. The van der Waals surface area contributed by atoms with Crippen LogP contribution < -0.4 is 0 Å². The van der Waals surface area contributed by atoms with E-state index in [1.54, 1.807) is 0 Å². The number of nitrogens with zero attached hydrogens (tertiary/aromatic N) is 1. The standard InChI is InChI=1S/C9H13NO/c1-9(2,6-10)7-3-4-8(11)5-7/h7H,3-5H2,1-2H3/t7-/m1/s1. The van der Waals surface area contributed by atoms with Crippen molar-refractivity contribution in [2.75, 3.05) is 0 Å². The van der Waals surface area contributed by atoms with Gasteiger partial charge in [-0.05, 0) is 26.2 Å². The summed E-state index contributed by atoms with van der Waals surface area (Å²) >= 11 is 0. The van der Waals surface area contributed by atoms with Crippen LogP contribution in [-0.2, 0) is 4.79 Å². The molecule has 0 aromatic carbocycles. The average molecular weight is 151 g/mol. The molecule has 0 spiro atoms. The van der Waals surface area contributed by atoms with Gasteiger partial charge in [0.1, 0.15) is 5.78 Å². The first-order valence-electron chi connectivity index (χ1n) is 3.99. The Kier molecular flexibility index (Phi) is 1.99. The van der Waals surface area contributed by atoms with Crippen molar-refractivity contribution >= 4 is 5.78 Å². The highest BCUT2D eigenvalue weighted by Gasteiger charge is 2.35. The van der Waals surface area contributed by atoms with Crippen molar-refractivity contribution in [1.29, 1.82) is 5.26 Å². The molecule has 1 saturated carbocycles. The van der Waals surface area contributed by atoms with Gasteiger partial charge < -0.3 is 0 Å². The van der Waals surface area contributed by atoms with Crippen molar-refractivity contribution in [3.05, 3.63) is 0 Å². The highest BCUT2D eigenvalue weighted by atomic mass is 16.1. The average Bonchev–Trinajstić information content (AvgIpc) is 2.36. The number of nitriles is 1. The van der Waals surface area contributed by atoms with E-state index in [2.05, 4.69) is 6.07 Å². The highest BCUT2D eigenvalue weighted by Crippen LogP contribution is 2.37. The second-order valence-corrected chi connectivity index (χ2v) is 3.81. The van der Waals surface area contributed by atoms with E-state index in [1.165, 1.54) is 0 Å². The summed E-state index contributed by atoms with van der Waals surface area (Å²) in [6, 6.07) is 2.25. The number of hydrogen-bond donors (Lipinski definition) is 0. The number of Topliss-reactive ketones (excluding diaryl/α,β-unsaturated/α-hetero) is 1. The zero-order chi connectivity index (χ0) is 8.48. The summed E-state index contributed by atoms with van der Waals surface area (Å²) in [4.78, 5) is 10.9. The molecule has 0 amide bonds. The summed E-state index contributed by atoms with van der Waals surface area (Å²) in [7, 11) is 0. The molecule has 1 aliphatic rings. The Morgan fingerprint density at radius 1 is 1.64 bits per heavy atom. The van der Waals surface area contributed by atoms with Crippen molar-refractivity contribution in [3.8, 4) is 6.07 Å². The quantitative estimate of drug-likeness (QED) is 0.574. The molecule has 1 atom stereocenters. The van der Waals surface area contributed by atoms with Crippen molar-refractivity contribution < 1.29 is 4.79 Å². The van der Waals surface area contributed by atoms with Crippen LogP contribution in [0.5, 0.6) is 0 Å². The minimum absolute atomic E-state index is 0.292. The van der Waals surface area contributed by atoms with E-state index in [9.17, 15) is 4.79 Å². The maximum atomic E-state index is 10.9. The number of hydrogen-bond acceptors (Lipinski definition) is 2. The first kappa shape index (κ1) is 8.26. The van der Waals surface area contributed by atoms with Crippen LogP contribution in [0.2, 0.25) is 0 Å². The van der Waals surface area contributed by atoms with Crippen LogP contribution >= 0.6 is 0 Å². The van der Waals surface area contributed by atoms with Gasteiger partial charge in [0.05, 0.1) is 11.5 Å². The van der Waals surface area contributed by atoms with E-state index in [0.29, 0.717) is 24.5 Å². The lowest BCUT2D eigenvalue weighted by Gasteiger charge is -2.22. The van der Waals surface area contributed by atoms with Gasteiger partial charge in [0.15, 0.2) is 0 Å². The molecule has 2 heteroatoms. The Hall–Kier alpha value is -0.840. The number of carbonyl (C=O) groups is 1. The molecular formula is C9H13NO. The molecule has 0 aromatic heterocycles. The SMILES string of the molecule is CC(C)(C#N)[C@@H]1CCC(=O)C1. The first-order valence-corrected chi connectivity index (χ1v) is 3.99. The molecule has 11 heavy (non-hydrogen) atoms. The predicted molar refractivity (Wildman–Crippen MR) is 41.7 cm³/mol. The third kappa shape index (κ3) is 1.59. The molecule has 1 aliphatic carbocycles. The number of ketones is 1. The van der Waals surface area contributed by atoms with Crippen LogP contribution in [0.15, 0.2) is 0 Å². The Balaban J connectivity index is 2.64. The van der Waals surface area contributed by atoms with E-state index >= 15 is 0 Å². The lowest BCUT2D eigenvalue weighted by molar-refractivity contribution is -0.117. The predicted octanol–water partition coefficient (Wildman–Crippen LogP) is 1.91. The lowest BCUT2D eigenvalue weighted by Crippen LogP contribution is -2.19. The highest BCUT2D eigenvalue weighted by molar-refractivity contribution is 5.80. The molecule has 0 heterocycles. The van der Waals surface area contributed by atoms with Gasteiger partial charge in [-0.25, -0.2) is 0 Å². The van der Waals surface area contributed by atoms with Gasteiger partial charge in [0.25, 0.3) is 0 Å². The van der Waals surface area contributed by atoms with Crippen molar-refractivity contribution in [2.24, 2.45) is 11.3 Å². The smallest absolute Gasteiger partial charge is 0.133 e. The van der Waals surface area contributed by atoms with Crippen LogP contribution in [0, 0.1) is 22.7 Å². The van der Waals surface area contributed by atoms with Gasteiger partial charge >= 0.3 is 0 Å². The first-order chi connectivity index (χ1) is 5.06.